The minimum absolute atomic E-state index is 0.199. The van der Waals surface area contributed by atoms with E-state index in [4.69, 9.17) is 0 Å². The van der Waals surface area contributed by atoms with Gasteiger partial charge in [0.15, 0.2) is 5.78 Å². The highest BCUT2D eigenvalue weighted by Gasteiger charge is 2.29. The molecule has 1 fully saturated rings. The van der Waals surface area contributed by atoms with E-state index in [9.17, 15) is 4.79 Å². The first-order chi connectivity index (χ1) is 8.63. The number of Topliss-reactive ketones (excluding diaryl/α,β-unsaturated/α-hetero) is 1. The highest BCUT2D eigenvalue weighted by molar-refractivity contribution is 9.10. The Labute approximate surface area is 117 Å². The molecule has 0 aliphatic heterocycles. The smallest absolute Gasteiger partial charge is 0.185 e. The van der Waals surface area contributed by atoms with E-state index in [1.807, 2.05) is 7.05 Å². The second-order valence-electron chi connectivity index (χ2n) is 5.34. The van der Waals surface area contributed by atoms with Gasteiger partial charge in [-0.3, -0.25) is 9.48 Å². The Morgan fingerprint density at radius 1 is 1.44 bits per heavy atom. The molecule has 0 saturated heterocycles. The summed E-state index contributed by atoms with van der Waals surface area (Å²) in [7, 11) is 1.83. The number of hydrogen-bond donors (Lipinski definition) is 0. The standard InChI is InChI=1S/C14H21BrN2O/c1-3-4-10-5-7-11(8-6-10)14(18)13-12(15)9-16-17(13)2/h9-11H,3-8H2,1-2H3. The highest BCUT2D eigenvalue weighted by Crippen LogP contribution is 2.34. The molecule has 1 aliphatic rings. The van der Waals surface area contributed by atoms with Crippen molar-refractivity contribution in [2.24, 2.45) is 18.9 Å². The van der Waals surface area contributed by atoms with Crippen molar-refractivity contribution < 1.29 is 4.79 Å². The summed E-state index contributed by atoms with van der Waals surface area (Å²) in [6.07, 6.45) is 8.78. The van der Waals surface area contributed by atoms with Crippen molar-refractivity contribution in [3.8, 4) is 0 Å². The Kier molecular flexibility index (Phi) is 4.60. The third-order valence-electron chi connectivity index (χ3n) is 4.04. The summed E-state index contributed by atoms with van der Waals surface area (Å²) in [6.45, 7) is 2.24. The number of aromatic nitrogens is 2. The van der Waals surface area contributed by atoms with Gasteiger partial charge in [-0.15, -0.1) is 0 Å². The maximum atomic E-state index is 12.5. The predicted octanol–water partition coefficient (Wildman–Crippen LogP) is 3.97. The van der Waals surface area contributed by atoms with E-state index in [1.165, 1.54) is 25.7 Å². The lowest BCUT2D eigenvalue weighted by Gasteiger charge is -2.27. The Morgan fingerprint density at radius 3 is 2.61 bits per heavy atom. The van der Waals surface area contributed by atoms with E-state index in [-0.39, 0.29) is 11.7 Å². The summed E-state index contributed by atoms with van der Waals surface area (Å²) >= 11 is 3.42. The summed E-state index contributed by atoms with van der Waals surface area (Å²) in [5, 5.41) is 4.13. The maximum Gasteiger partial charge on any atom is 0.185 e. The molecule has 2 rings (SSSR count). The molecule has 0 unspecified atom stereocenters. The first-order valence-corrected chi connectivity index (χ1v) is 7.64. The highest BCUT2D eigenvalue weighted by atomic mass is 79.9. The van der Waals surface area contributed by atoms with Gasteiger partial charge in [-0.25, -0.2) is 0 Å². The number of rotatable bonds is 4. The fourth-order valence-electron chi connectivity index (χ4n) is 3.00. The van der Waals surface area contributed by atoms with Crippen LogP contribution in [0, 0.1) is 11.8 Å². The molecule has 0 amide bonds. The molecule has 100 valence electrons. The summed E-state index contributed by atoms with van der Waals surface area (Å²) in [6, 6.07) is 0. The molecule has 18 heavy (non-hydrogen) atoms. The number of carbonyl (C=O) groups excluding carboxylic acids is 1. The SMILES string of the molecule is CCCC1CCC(C(=O)c2c(Br)cnn2C)CC1. The molecule has 1 aromatic rings. The van der Waals surface area contributed by atoms with Crippen molar-refractivity contribution in [1.82, 2.24) is 9.78 Å². The molecule has 0 radical (unpaired) electrons. The molecular weight excluding hydrogens is 292 g/mol. The zero-order valence-electron chi connectivity index (χ0n) is 11.2. The van der Waals surface area contributed by atoms with Crippen molar-refractivity contribution in [1.29, 1.82) is 0 Å². The van der Waals surface area contributed by atoms with E-state index in [1.54, 1.807) is 10.9 Å². The summed E-state index contributed by atoms with van der Waals surface area (Å²) in [5.74, 6) is 1.30. The second-order valence-corrected chi connectivity index (χ2v) is 6.19. The molecule has 0 aromatic carbocycles. The van der Waals surface area contributed by atoms with Crippen LogP contribution in [-0.2, 0) is 7.05 Å². The van der Waals surface area contributed by atoms with Crippen molar-refractivity contribution in [2.75, 3.05) is 0 Å². The van der Waals surface area contributed by atoms with Crippen LogP contribution in [0.1, 0.15) is 55.9 Å². The summed E-state index contributed by atoms with van der Waals surface area (Å²) in [4.78, 5) is 12.5. The van der Waals surface area contributed by atoms with Crippen molar-refractivity contribution in [3.63, 3.8) is 0 Å². The van der Waals surface area contributed by atoms with Gasteiger partial charge in [-0.1, -0.05) is 19.8 Å². The van der Waals surface area contributed by atoms with E-state index in [2.05, 4.69) is 28.0 Å². The Hall–Kier alpha value is -0.640. The lowest BCUT2D eigenvalue weighted by Crippen LogP contribution is -2.24. The molecule has 0 N–H and O–H groups in total. The fraction of sp³-hybridized carbons (Fsp3) is 0.714. The predicted molar refractivity (Wildman–Crippen MR) is 75.6 cm³/mol. The van der Waals surface area contributed by atoms with Gasteiger partial charge in [0.05, 0.1) is 10.7 Å². The van der Waals surface area contributed by atoms with E-state index >= 15 is 0 Å². The van der Waals surface area contributed by atoms with Crippen LogP contribution in [0.4, 0.5) is 0 Å². The van der Waals surface area contributed by atoms with Crippen LogP contribution in [-0.4, -0.2) is 15.6 Å². The third kappa shape index (κ3) is 2.85. The van der Waals surface area contributed by atoms with E-state index < -0.39 is 0 Å². The molecule has 1 aliphatic carbocycles. The summed E-state index contributed by atoms with van der Waals surface area (Å²) < 4.78 is 2.51. The maximum absolute atomic E-state index is 12.5. The van der Waals surface area contributed by atoms with E-state index in [0.717, 1.165) is 28.9 Å². The minimum Gasteiger partial charge on any atom is -0.292 e. The van der Waals surface area contributed by atoms with Crippen molar-refractivity contribution >= 4 is 21.7 Å². The van der Waals surface area contributed by atoms with Crippen LogP contribution in [0.15, 0.2) is 10.7 Å². The third-order valence-corrected chi connectivity index (χ3v) is 4.62. The Morgan fingerprint density at radius 2 is 2.11 bits per heavy atom. The van der Waals surface area contributed by atoms with Crippen molar-refractivity contribution in [3.05, 3.63) is 16.4 Å². The molecule has 1 aromatic heterocycles. The van der Waals surface area contributed by atoms with Crippen LogP contribution in [0.25, 0.3) is 0 Å². The molecule has 3 nitrogen and oxygen atoms in total. The first-order valence-electron chi connectivity index (χ1n) is 6.85. The van der Waals surface area contributed by atoms with Gasteiger partial charge in [0.25, 0.3) is 0 Å². The van der Waals surface area contributed by atoms with Crippen LogP contribution in [0.3, 0.4) is 0 Å². The number of carbonyl (C=O) groups is 1. The monoisotopic (exact) mass is 312 g/mol. The van der Waals surface area contributed by atoms with Gasteiger partial charge < -0.3 is 0 Å². The normalized spacial score (nSPS) is 24.2. The number of ketones is 1. The van der Waals surface area contributed by atoms with Crippen molar-refractivity contribution in [2.45, 2.75) is 45.4 Å². The molecule has 1 heterocycles. The Bertz CT molecular complexity index is 400. The second kappa shape index (κ2) is 6.00. The van der Waals surface area contributed by atoms with Crippen LogP contribution in [0.5, 0.6) is 0 Å². The number of aryl methyl sites for hydroxylation is 1. The van der Waals surface area contributed by atoms with Crippen LogP contribution in [0.2, 0.25) is 0 Å². The summed E-state index contributed by atoms with van der Waals surface area (Å²) in [5.41, 5.74) is 0.731. The molecular formula is C14H21BrN2O. The average Bonchev–Trinajstić information content (AvgIpc) is 2.70. The zero-order chi connectivity index (χ0) is 13.1. The zero-order valence-corrected chi connectivity index (χ0v) is 12.7. The van der Waals surface area contributed by atoms with Gasteiger partial charge >= 0.3 is 0 Å². The molecule has 0 bridgehead atoms. The molecule has 0 spiro atoms. The van der Waals surface area contributed by atoms with Gasteiger partial charge in [0.1, 0.15) is 5.69 Å². The quantitative estimate of drug-likeness (QED) is 0.788. The first kappa shape index (κ1) is 13.8. The van der Waals surface area contributed by atoms with Gasteiger partial charge in [-0.2, -0.15) is 5.10 Å². The Balaban J connectivity index is 2.00. The number of hydrogen-bond acceptors (Lipinski definition) is 2. The largest absolute Gasteiger partial charge is 0.292 e. The molecule has 1 saturated carbocycles. The lowest BCUT2D eigenvalue weighted by molar-refractivity contribution is 0.0859. The van der Waals surface area contributed by atoms with E-state index in [0.29, 0.717) is 0 Å². The fourth-order valence-corrected chi connectivity index (χ4v) is 3.55. The number of halogens is 1. The van der Waals surface area contributed by atoms with Crippen LogP contribution >= 0.6 is 15.9 Å². The average molecular weight is 313 g/mol. The molecule has 4 heteroatoms. The van der Waals surface area contributed by atoms with Crippen LogP contribution < -0.4 is 0 Å². The minimum atomic E-state index is 0.199. The number of nitrogens with zero attached hydrogens (tertiary/aromatic N) is 2. The lowest BCUT2D eigenvalue weighted by atomic mass is 9.78. The van der Waals surface area contributed by atoms with Gasteiger partial charge in [0, 0.05) is 13.0 Å². The molecule has 0 atom stereocenters. The topological polar surface area (TPSA) is 34.9 Å². The van der Waals surface area contributed by atoms with Gasteiger partial charge in [-0.05, 0) is 47.5 Å². The van der Waals surface area contributed by atoms with Gasteiger partial charge in [0.2, 0.25) is 0 Å².